The topological polar surface area (TPSA) is 71.1 Å². The van der Waals surface area contributed by atoms with E-state index in [1.165, 1.54) is 12.8 Å². The lowest BCUT2D eigenvalue weighted by Gasteiger charge is -2.16. The maximum atomic E-state index is 8.79. The molecule has 0 aliphatic carbocycles. The third kappa shape index (κ3) is 3.84. The van der Waals surface area contributed by atoms with Crippen LogP contribution >= 0.6 is 15.9 Å². The molecule has 2 rings (SSSR count). The van der Waals surface area contributed by atoms with Gasteiger partial charge in [0.25, 0.3) is 0 Å². The second kappa shape index (κ2) is 6.77. The summed E-state index contributed by atoms with van der Waals surface area (Å²) in [5.41, 5.74) is 6.24. The van der Waals surface area contributed by atoms with Gasteiger partial charge in [-0.25, -0.2) is 0 Å². The molecule has 0 spiro atoms. The first-order valence-electron chi connectivity index (χ1n) is 6.33. The average molecular weight is 328 g/mol. The minimum absolute atomic E-state index is 0.0532. The van der Waals surface area contributed by atoms with Gasteiger partial charge in [-0.2, -0.15) is 0 Å². The van der Waals surface area contributed by atoms with Crippen molar-refractivity contribution in [2.24, 2.45) is 10.9 Å². The van der Waals surface area contributed by atoms with Gasteiger partial charge in [0, 0.05) is 11.0 Å². The Balaban J connectivity index is 1.98. The number of nitrogens with two attached hydrogens (primary N) is 1. The third-order valence-corrected chi connectivity index (χ3v) is 3.68. The van der Waals surface area contributed by atoms with E-state index in [1.807, 2.05) is 12.1 Å². The maximum absolute atomic E-state index is 8.79. The normalized spacial score (nSPS) is 16.8. The first kappa shape index (κ1) is 14.1. The minimum atomic E-state index is 0.0532. The largest absolute Gasteiger partial charge is 0.491 e. The summed E-state index contributed by atoms with van der Waals surface area (Å²) >= 11 is 3.36. The van der Waals surface area contributed by atoms with E-state index in [1.54, 1.807) is 6.07 Å². The molecule has 0 aromatic heterocycles. The third-order valence-electron chi connectivity index (χ3n) is 3.19. The summed E-state index contributed by atoms with van der Waals surface area (Å²) in [7, 11) is 0. The Morgan fingerprint density at radius 1 is 1.42 bits per heavy atom. The number of nitrogens with zero attached hydrogens (tertiary/aromatic N) is 2. The predicted molar refractivity (Wildman–Crippen MR) is 77.8 cm³/mol. The van der Waals surface area contributed by atoms with Crippen molar-refractivity contribution in [2.45, 2.75) is 12.8 Å². The monoisotopic (exact) mass is 327 g/mol. The van der Waals surface area contributed by atoms with Gasteiger partial charge in [-0.1, -0.05) is 21.1 Å². The summed E-state index contributed by atoms with van der Waals surface area (Å²) in [5, 5.41) is 11.8. The molecule has 1 fully saturated rings. The molecule has 0 bridgehead atoms. The molecular weight excluding hydrogens is 310 g/mol. The number of ether oxygens (including phenoxy) is 1. The molecule has 1 heterocycles. The van der Waals surface area contributed by atoms with Crippen molar-refractivity contribution in [2.75, 3.05) is 26.2 Å². The lowest BCUT2D eigenvalue weighted by Crippen LogP contribution is -2.25. The van der Waals surface area contributed by atoms with Crippen LogP contribution in [0, 0.1) is 0 Å². The van der Waals surface area contributed by atoms with Crippen LogP contribution in [0.25, 0.3) is 0 Å². The van der Waals surface area contributed by atoms with E-state index in [0.29, 0.717) is 17.9 Å². The summed E-state index contributed by atoms with van der Waals surface area (Å²) in [4.78, 5) is 2.38. The Bertz CT molecular complexity index is 459. The van der Waals surface area contributed by atoms with Gasteiger partial charge in [-0.15, -0.1) is 0 Å². The molecule has 1 aromatic rings. The molecule has 0 unspecified atom stereocenters. The highest BCUT2D eigenvalue weighted by Gasteiger charge is 2.13. The molecule has 1 aromatic carbocycles. The molecule has 5 nitrogen and oxygen atoms in total. The molecule has 19 heavy (non-hydrogen) atoms. The average Bonchev–Trinajstić information content (AvgIpc) is 2.92. The highest BCUT2D eigenvalue weighted by atomic mass is 79.9. The van der Waals surface area contributed by atoms with Crippen LogP contribution in [-0.2, 0) is 0 Å². The van der Waals surface area contributed by atoms with Crippen molar-refractivity contribution in [3.63, 3.8) is 0 Å². The summed E-state index contributed by atoms with van der Waals surface area (Å²) in [6.07, 6.45) is 2.54. The summed E-state index contributed by atoms with van der Waals surface area (Å²) < 4.78 is 6.60. The van der Waals surface area contributed by atoms with Crippen molar-refractivity contribution < 1.29 is 9.94 Å². The predicted octanol–water partition coefficient (Wildman–Crippen LogP) is 2.02. The van der Waals surface area contributed by atoms with E-state index in [-0.39, 0.29) is 5.84 Å². The molecular formula is C13H18BrN3O2. The van der Waals surface area contributed by atoms with Gasteiger partial charge in [0.05, 0.1) is 5.56 Å². The standard InChI is InChI=1S/C13H18BrN3O2/c14-10-3-4-12(11(9-10)13(15)16-18)19-8-7-17-5-1-2-6-17/h3-4,9,18H,1-2,5-8H2,(H2,15,16). The SMILES string of the molecule is N/C(=N/O)c1cc(Br)ccc1OCCN1CCCC1. The Kier molecular flexibility index (Phi) is 5.04. The summed E-state index contributed by atoms with van der Waals surface area (Å²) in [6.45, 7) is 3.81. The second-order valence-corrected chi connectivity index (χ2v) is 5.44. The number of hydrogen-bond acceptors (Lipinski definition) is 4. The lowest BCUT2D eigenvalue weighted by atomic mass is 10.2. The molecule has 0 atom stereocenters. The van der Waals surface area contributed by atoms with Crippen LogP contribution < -0.4 is 10.5 Å². The molecule has 1 saturated heterocycles. The maximum Gasteiger partial charge on any atom is 0.173 e. The molecule has 6 heteroatoms. The van der Waals surface area contributed by atoms with Crippen LogP contribution in [0.2, 0.25) is 0 Å². The van der Waals surface area contributed by atoms with Crippen molar-refractivity contribution in [1.82, 2.24) is 4.90 Å². The first-order chi connectivity index (χ1) is 9.20. The Morgan fingerprint density at radius 2 is 2.16 bits per heavy atom. The van der Waals surface area contributed by atoms with Gasteiger partial charge in [0.1, 0.15) is 12.4 Å². The summed E-state index contributed by atoms with van der Waals surface area (Å²) in [6, 6.07) is 5.47. The summed E-state index contributed by atoms with van der Waals surface area (Å²) in [5.74, 6) is 0.690. The zero-order valence-corrected chi connectivity index (χ0v) is 12.3. The van der Waals surface area contributed by atoms with Gasteiger partial charge in [-0.3, -0.25) is 4.90 Å². The van der Waals surface area contributed by atoms with Crippen LogP contribution in [0.15, 0.2) is 27.8 Å². The van der Waals surface area contributed by atoms with Crippen LogP contribution in [0.1, 0.15) is 18.4 Å². The van der Waals surface area contributed by atoms with E-state index in [9.17, 15) is 0 Å². The van der Waals surface area contributed by atoms with E-state index < -0.39 is 0 Å². The zero-order valence-electron chi connectivity index (χ0n) is 10.7. The lowest BCUT2D eigenvalue weighted by molar-refractivity contribution is 0.237. The smallest absolute Gasteiger partial charge is 0.173 e. The Labute approximate surface area is 121 Å². The highest BCUT2D eigenvalue weighted by molar-refractivity contribution is 9.10. The first-order valence-corrected chi connectivity index (χ1v) is 7.12. The fraction of sp³-hybridized carbons (Fsp3) is 0.462. The van der Waals surface area contributed by atoms with Gasteiger partial charge >= 0.3 is 0 Å². The van der Waals surface area contributed by atoms with E-state index in [0.717, 1.165) is 24.1 Å². The molecule has 104 valence electrons. The van der Waals surface area contributed by atoms with Crippen molar-refractivity contribution in [3.05, 3.63) is 28.2 Å². The Morgan fingerprint density at radius 3 is 2.84 bits per heavy atom. The molecule has 0 amide bonds. The molecule has 0 radical (unpaired) electrons. The number of benzene rings is 1. The molecule has 0 saturated carbocycles. The second-order valence-electron chi connectivity index (χ2n) is 4.52. The van der Waals surface area contributed by atoms with Gasteiger partial charge in [-0.05, 0) is 44.1 Å². The van der Waals surface area contributed by atoms with Crippen LogP contribution in [0.5, 0.6) is 5.75 Å². The van der Waals surface area contributed by atoms with Crippen LogP contribution in [0.4, 0.5) is 0 Å². The molecule has 1 aliphatic rings. The van der Waals surface area contributed by atoms with Gasteiger partial charge in [0.2, 0.25) is 0 Å². The number of amidine groups is 1. The van der Waals surface area contributed by atoms with E-state index in [2.05, 4.69) is 26.0 Å². The van der Waals surface area contributed by atoms with Gasteiger partial charge in [0.15, 0.2) is 5.84 Å². The van der Waals surface area contributed by atoms with E-state index in [4.69, 9.17) is 15.7 Å². The number of rotatable bonds is 5. The number of hydrogen-bond donors (Lipinski definition) is 2. The number of oxime groups is 1. The van der Waals surface area contributed by atoms with Crippen molar-refractivity contribution in [1.29, 1.82) is 0 Å². The molecule has 3 N–H and O–H groups in total. The van der Waals surface area contributed by atoms with Crippen LogP contribution in [0.3, 0.4) is 0 Å². The quantitative estimate of drug-likeness (QED) is 0.375. The van der Waals surface area contributed by atoms with Gasteiger partial charge < -0.3 is 15.7 Å². The molecule has 1 aliphatic heterocycles. The fourth-order valence-electron chi connectivity index (χ4n) is 2.17. The van der Waals surface area contributed by atoms with Crippen molar-refractivity contribution >= 4 is 21.8 Å². The zero-order chi connectivity index (χ0) is 13.7. The Hall–Kier alpha value is -1.27. The van der Waals surface area contributed by atoms with E-state index >= 15 is 0 Å². The highest BCUT2D eigenvalue weighted by Crippen LogP contribution is 2.23. The van der Waals surface area contributed by atoms with Crippen LogP contribution in [-0.4, -0.2) is 42.2 Å². The minimum Gasteiger partial charge on any atom is -0.491 e. The number of halogens is 1. The van der Waals surface area contributed by atoms with Crippen molar-refractivity contribution in [3.8, 4) is 5.75 Å². The fourth-order valence-corrected chi connectivity index (χ4v) is 2.53. The number of likely N-dealkylation sites (tertiary alicyclic amines) is 1.